The Hall–Kier alpha value is -0.650. The van der Waals surface area contributed by atoms with Gasteiger partial charge in [0.25, 0.3) is 0 Å². The van der Waals surface area contributed by atoms with Crippen molar-refractivity contribution < 1.29 is 0 Å². The molecule has 0 unspecified atom stereocenters. The van der Waals surface area contributed by atoms with Crippen molar-refractivity contribution in [2.75, 3.05) is 38.1 Å². The maximum atomic E-state index is 4.76. The van der Waals surface area contributed by atoms with Crippen LogP contribution in [0.3, 0.4) is 0 Å². The molecule has 2 heterocycles. The van der Waals surface area contributed by atoms with Crippen LogP contribution in [-0.2, 0) is 6.54 Å². The average Bonchev–Trinajstić information content (AvgIpc) is 2.82. The summed E-state index contributed by atoms with van der Waals surface area (Å²) in [5, 5.41) is 6.77. The summed E-state index contributed by atoms with van der Waals surface area (Å²) in [7, 11) is 2.21. The number of aromatic nitrogens is 1. The molecule has 2 rings (SSSR count). The molecule has 0 atom stereocenters. The van der Waals surface area contributed by atoms with Gasteiger partial charge in [-0.15, -0.1) is 11.3 Å². The first-order valence-electron chi connectivity index (χ1n) is 7.14. The minimum absolute atomic E-state index is 0.227. The lowest BCUT2D eigenvalue weighted by molar-refractivity contribution is 0.139. The molecule has 0 aliphatic carbocycles. The van der Waals surface area contributed by atoms with Crippen molar-refractivity contribution in [2.45, 2.75) is 39.3 Å². The Morgan fingerprint density at radius 2 is 2.21 bits per heavy atom. The zero-order valence-electron chi connectivity index (χ0n) is 12.6. The summed E-state index contributed by atoms with van der Waals surface area (Å²) < 4.78 is 0. The van der Waals surface area contributed by atoms with Crippen LogP contribution in [0.4, 0.5) is 5.13 Å². The molecule has 19 heavy (non-hydrogen) atoms. The van der Waals surface area contributed by atoms with E-state index in [1.807, 2.05) is 0 Å². The molecule has 1 N–H and O–H groups in total. The standard InChI is InChI=1S/C14H26N4S/c1-5-6-15-9-12-10-19-13(16-12)18-8-7-17(4)14(2,3)11-18/h10,15H,5-9,11H2,1-4H3. The van der Waals surface area contributed by atoms with E-state index in [1.54, 1.807) is 11.3 Å². The van der Waals surface area contributed by atoms with Crippen LogP contribution in [0, 0.1) is 0 Å². The fraction of sp³-hybridized carbons (Fsp3) is 0.786. The lowest BCUT2D eigenvalue weighted by Crippen LogP contribution is -2.57. The molecule has 0 amide bonds. The molecule has 1 aromatic heterocycles. The second-order valence-corrected chi connectivity index (χ2v) is 6.79. The van der Waals surface area contributed by atoms with E-state index in [4.69, 9.17) is 4.98 Å². The highest BCUT2D eigenvalue weighted by Crippen LogP contribution is 2.27. The number of anilines is 1. The van der Waals surface area contributed by atoms with Crippen LogP contribution in [0.2, 0.25) is 0 Å². The van der Waals surface area contributed by atoms with Gasteiger partial charge in [0.2, 0.25) is 0 Å². The van der Waals surface area contributed by atoms with Crippen LogP contribution in [-0.4, -0.2) is 48.6 Å². The van der Waals surface area contributed by atoms with Gasteiger partial charge in [-0.25, -0.2) is 4.98 Å². The minimum atomic E-state index is 0.227. The maximum absolute atomic E-state index is 4.76. The Labute approximate surface area is 120 Å². The Balaban J connectivity index is 1.95. The number of piperazine rings is 1. The van der Waals surface area contributed by atoms with E-state index >= 15 is 0 Å². The number of rotatable bonds is 5. The van der Waals surface area contributed by atoms with Crippen molar-refractivity contribution in [3.8, 4) is 0 Å². The first kappa shape index (κ1) is 14.8. The lowest BCUT2D eigenvalue weighted by Gasteiger charge is -2.45. The van der Waals surface area contributed by atoms with Crippen molar-refractivity contribution in [2.24, 2.45) is 0 Å². The van der Waals surface area contributed by atoms with E-state index in [9.17, 15) is 0 Å². The van der Waals surface area contributed by atoms with Gasteiger partial charge in [-0.2, -0.15) is 0 Å². The van der Waals surface area contributed by atoms with E-state index in [2.05, 4.69) is 48.3 Å². The summed E-state index contributed by atoms with van der Waals surface area (Å²) in [5.41, 5.74) is 1.40. The molecule has 5 heteroatoms. The number of likely N-dealkylation sites (N-methyl/N-ethyl adjacent to an activating group) is 1. The third-order valence-corrected chi connectivity index (χ3v) is 4.81. The molecule has 1 saturated heterocycles. The summed E-state index contributed by atoms with van der Waals surface area (Å²) in [6.07, 6.45) is 1.17. The third-order valence-electron chi connectivity index (χ3n) is 3.86. The molecule has 108 valence electrons. The van der Waals surface area contributed by atoms with Gasteiger partial charge < -0.3 is 10.2 Å². The Morgan fingerprint density at radius 1 is 1.42 bits per heavy atom. The van der Waals surface area contributed by atoms with E-state index in [-0.39, 0.29) is 5.54 Å². The number of nitrogens with one attached hydrogen (secondary N) is 1. The largest absolute Gasteiger partial charge is 0.345 e. The van der Waals surface area contributed by atoms with Gasteiger partial charge in [0, 0.05) is 37.1 Å². The molecule has 0 saturated carbocycles. The fourth-order valence-electron chi connectivity index (χ4n) is 2.32. The van der Waals surface area contributed by atoms with Crippen LogP contribution in [0.1, 0.15) is 32.9 Å². The van der Waals surface area contributed by atoms with E-state index in [0.717, 1.165) is 32.7 Å². The minimum Gasteiger partial charge on any atom is -0.345 e. The normalized spacial score (nSPS) is 19.9. The first-order chi connectivity index (χ1) is 9.03. The van der Waals surface area contributed by atoms with Crippen LogP contribution >= 0.6 is 11.3 Å². The topological polar surface area (TPSA) is 31.4 Å². The molecule has 1 aliphatic rings. The molecule has 4 nitrogen and oxygen atoms in total. The van der Waals surface area contributed by atoms with Crippen LogP contribution in [0.25, 0.3) is 0 Å². The van der Waals surface area contributed by atoms with E-state index in [0.29, 0.717) is 0 Å². The maximum Gasteiger partial charge on any atom is 0.185 e. The van der Waals surface area contributed by atoms with Crippen LogP contribution in [0.5, 0.6) is 0 Å². The van der Waals surface area contributed by atoms with Crippen molar-refractivity contribution >= 4 is 16.5 Å². The SMILES string of the molecule is CCCNCc1csc(N2CCN(C)C(C)(C)C2)n1. The lowest BCUT2D eigenvalue weighted by atomic mass is 10.0. The fourth-order valence-corrected chi connectivity index (χ4v) is 3.17. The highest BCUT2D eigenvalue weighted by molar-refractivity contribution is 7.13. The van der Waals surface area contributed by atoms with Gasteiger partial charge in [-0.3, -0.25) is 4.90 Å². The molecule has 0 aromatic carbocycles. The molecule has 0 radical (unpaired) electrons. The highest BCUT2D eigenvalue weighted by Gasteiger charge is 2.32. The molecular formula is C14H26N4S. The predicted molar refractivity (Wildman–Crippen MR) is 83.0 cm³/mol. The summed E-state index contributed by atoms with van der Waals surface area (Å²) in [5.74, 6) is 0. The molecule has 0 spiro atoms. The van der Waals surface area contributed by atoms with Crippen molar-refractivity contribution in [1.82, 2.24) is 15.2 Å². The average molecular weight is 282 g/mol. The highest BCUT2D eigenvalue weighted by atomic mass is 32.1. The molecule has 1 fully saturated rings. The van der Waals surface area contributed by atoms with Gasteiger partial charge in [-0.1, -0.05) is 6.92 Å². The summed E-state index contributed by atoms with van der Waals surface area (Å²) in [6, 6.07) is 0. The Kier molecular flexibility index (Phi) is 4.81. The second-order valence-electron chi connectivity index (χ2n) is 5.95. The first-order valence-corrected chi connectivity index (χ1v) is 8.02. The smallest absolute Gasteiger partial charge is 0.185 e. The van der Waals surface area contributed by atoms with Gasteiger partial charge in [0.05, 0.1) is 5.69 Å². The number of thiazole rings is 1. The van der Waals surface area contributed by atoms with Gasteiger partial charge in [-0.05, 0) is 33.9 Å². The summed E-state index contributed by atoms with van der Waals surface area (Å²) >= 11 is 1.77. The Bertz CT molecular complexity index is 402. The third kappa shape index (κ3) is 3.68. The number of nitrogens with zero attached hydrogens (tertiary/aromatic N) is 3. The quantitative estimate of drug-likeness (QED) is 0.839. The molecule has 1 aliphatic heterocycles. The predicted octanol–water partition coefficient (Wildman–Crippen LogP) is 2.17. The summed E-state index contributed by atoms with van der Waals surface area (Å²) in [6.45, 7) is 12.0. The number of hydrogen-bond donors (Lipinski definition) is 1. The monoisotopic (exact) mass is 282 g/mol. The van der Waals surface area contributed by atoms with Crippen LogP contribution in [0.15, 0.2) is 5.38 Å². The second kappa shape index (κ2) is 6.20. The molecular weight excluding hydrogens is 256 g/mol. The zero-order valence-corrected chi connectivity index (χ0v) is 13.4. The van der Waals surface area contributed by atoms with E-state index in [1.165, 1.54) is 17.2 Å². The van der Waals surface area contributed by atoms with Crippen molar-refractivity contribution in [3.05, 3.63) is 11.1 Å². The van der Waals surface area contributed by atoms with Gasteiger partial charge in [0.15, 0.2) is 5.13 Å². The van der Waals surface area contributed by atoms with Gasteiger partial charge >= 0.3 is 0 Å². The Morgan fingerprint density at radius 3 is 2.89 bits per heavy atom. The van der Waals surface area contributed by atoms with Gasteiger partial charge in [0.1, 0.15) is 0 Å². The van der Waals surface area contributed by atoms with Crippen LogP contribution < -0.4 is 10.2 Å². The molecule has 1 aromatic rings. The van der Waals surface area contributed by atoms with Crippen molar-refractivity contribution in [1.29, 1.82) is 0 Å². The van der Waals surface area contributed by atoms with Crippen molar-refractivity contribution in [3.63, 3.8) is 0 Å². The van der Waals surface area contributed by atoms with E-state index < -0.39 is 0 Å². The number of hydrogen-bond acceptors (Lipinski definition) is 5. The zero-order chi connectivity index (χ0) is 13.9. The molecule has 0 bridgehead atoms. The summed E-state index contributed by atoms with van der Waals surface area (Å²) in [4.78, 5) is 9.62.